The summed E-state index contributed by atoms with van der Waals surface area (Å²) in [6.45, 7) is 2.40. The first-order valence-electron chi connectivity index (χ1n) is 9.71. The number of aromatic nitrogens is 1. The largest absolute Gasteiger partial charge is 0.466 e. The predicted molar refractivity (Wildman–Crippen MR) is 120 cm³/mol. The predicted octanol–water partition coefficient (Wildman–Crippen LogP) is 1.72. The molecule has 0 saturated carbocycles. The van der Waals surface area contributed by atoms with Crippen LogP contribution < -0.4 is 10.6 Å². The number of H-pyrrole nitrogens is 1. The van der Waals surface area contributed by atoms with Crippen molar-refractivity contribution in [2.45, 2.75) is 19.4 Å². The summed E-state index contributed by atoms with van der Waals surface area (Å²) < 4.78 is 9.67. The molecule has 32 heavy (non-hydrogen) atoms. The second-order valence-corrected chi connectivity index (χ2v) is 7.32. The molecule has 10 nitrogen and oxygen atoms in total. The number of carbonyl (C=O) groups is 4. The van der Waals surface area contributed by atoms with Gasteiger partial charge in [0.1, 0.15) is 5.69 Å². The molecule has 1 saturated heterocycles. The summed E-state index contributed by atoms with van der Waals surface area (Å²) in [6, 6.07) is 4.19. The van der Waals surface area contributed by atoms with E-state index in [-0.39, 0.29) is 49.3 Å². The molecule has 0 spiro atoms. The van der Waals surface area contributed by atoms with Crippen molar-refractivity contribution in [1.82, 2.24) is 15.2 Å². The number of nitrogens with zero attached hydrogens (tertiary/aromatic N) is 1. The third kappa shape index (κ3) is 5.70. The van der Waals surface area contributed by atoms with Gasteiger partial charge >= 0.3 is 11.9 Å². The molecule has 1 fully saturated rings. The second kappa shape index (κ2) is 11.2. The van der Waals surface area contributed by atoms with Crippen LogP contribution in [-0.2, 0) is 23.9 Å². The molecular weight excluding hydrogens is 463 g/mol. The molecule has 2 amide bonds. The number of hydrogen-bond acceptors (Lipinski definition) is 7. The maximum atomic E-state index is 12.7. The summed E-state index contributed by atoms with van der Waals surface area (Å²) in [5.41, 5.74) is 0.882. The fourth-order valence-electron chi connectivity index (χ4n) is 3.40. The first-order chi connectivity index (χ1) is 14.8. The fraction of sp³-hybridized carbons (Fsp3) is 0.400. The van der Waals surface area contributed by atoms with Gasteiger partial charge in [0.05, 0.1) is 38.4 Å². The molecule has 1 atom stereocenters. The minimum absolute atomic E-state index is 0. The van der Waals surface area contributed by atoms with Gasteiger partial charge in [0, 0.05) is 29.0 Å². The van der Waals surface area contributed by atoms with Crippen LogP contribution in [0.2, 0.25) is 5.02 Å². The Morgan fingerprint density at radius 2 is 2.06 bits per heavy atom. The lowest BCUT2D eigenvalue weighted by molar-refractivity contribution is -0.148. The van der Waals surface area contributed by atoms with Crippen LogP contribution in [0.3, 0.4) is 0 Å². The van der Waals surface area contributed by atoms with E-state index in [0.717, 1.165) is 0 Å². The van der Waals surface area contributed by atoms with Crippen molar-refractivity contribution in [2.24, 2.45) is 0 Å². The van der Waals surface area contributed by atoms with Crippen molar-refractivity contribution in [3.8, 4) is 0 Å². The minimum atomic E-state index is -0.752. The highest BCUT2D eigenvalue weighted by molar-refractivity contribution is 6.31. The number of hydrogen-bond donors (Lipinski definition) is 3. The number of esters is 2. The van der Waals surface area contributed by atoms with Crippen molar-refractivity contribution < 1.29 is 28.7 Å². The van der Waals surface area contributed by atoms with Crippen LogP contribution in [0.25, 0.3) is 10.9 Å². The van der Waals surface area contributed by atoms with Crippen LogP contribution in [-0.4, -0.2) is 73.0 Å². The maximum Gasteiger partial charge on any atom is 0.356 e. The number of fused-ring (bicyclic) bond motifs is 1. The van der Waals surface area contributed by atoms with Crippen molar-refractivity contribution in [1.29, 1.82) is 0 Å². The summed E-state index contributed by atoms with van der Waals surface area (Å²) in [5, 5.41) is 6.61. The number of piperazine rings is 1. The topological polar surface area (TPSA) is 130 Å². The monoisotopic (exact) mass is 486 g/mol. The zero-order chi connectivity index (χ0) is 22.5. The average molecular weight is 487 g/mol. The average Bonchev–Trinajstić information content (AvgIpc) is 3.08. The highest BCUT2D eigenvalue weighted by atomic mass is 35.5. The fourth-order valence-corrected chi connectivity index (χ4v) is 3.57. The van der Waals surface area contributed by atoms with Crippen molar-refractivity contribution in [3.05, 3.63) is 28.9 Å². The van der Waals surface area contributed by atoms with Crippen LogP contribution in [0.1, 0.15) is 23.8 Å². The number of halogens is 2. The Balaban J connectivity index is 0.00000363. The molecule has 3 N–H and O–H groups in total. The van der Waals surface area contributed by atoms with E-state index in [1.165, 1.54) is 12.0 Å². The molecule has 12 heteroatoms. The standard InChI is InChI=1S/C20H23ClN4O6.ClH/c1-3-31-16(27)9-14-19(28)25(7-6-22-14)10-15(26)24-17-12-8-11(21)4-5-13(12)23-18(17)20(29)30-2;/h4-5,8,14,22-23H,3,6-7,9-10H2,1-2H3,(H,24,26);1H/t14-;/m0./s1. The lowest BCUT2D eigenvalue weighted by Crippen LogP contribution is -2.57. The number of nitrogens with one attached hydrogen (secondary N) is 3. The number of anilines is 1. The van der Waals surface area contributed by atoms with Crippen LogP contribution in [0.15, 0.2) is 18.2 Å². The van der Waals surface area contributed by atoms with Crippen LogP contribution in [0.5, 0.6) is 0 Å². The molecule has 1 aliphatic heterocycles. The highest BCUT2D eigenvalue weighted by Gasteiger charge is 2.32. The van der Waals surface area contributed by atoms with Gasteiger partial charge in [-0.2, -0.15) is 0 Å². The minimum Gasteiger partial charge on any atom is -0.466 e. The molecule has 0 aliphatic carbocycles. The Bertz CT molecular complexity index is 1020. The number of ether oxygens (including phenoxy) is 2. The normalized spacial score (nSPS) is 15.8. The van der Waals surface area contributed by atoms with Gasteiger partial charge in [-0.15, -0.1) is 12.4 Å². The molecule has 2 heterocycles. The highest BCUT2D eigenvalue weighted by Crippen LogP contribution is 2.30. The van der Waals surface area contributed by atoms with E-state index in [1.54, 1.807) is 25.1 Å². The SMILES string of the molecule is CCOC(=O)C[C@@H]1NCCN(CC(=O)Nc2c(C(=O)OC)[nH]c3ccc(Cl)cc23)C1=O.Cl. The number of rotatable bonds is 7. The van der Waals surface area contributed by atoms with Gasteiger partial charge in [-0.05, 0) is 25.1 Å². The molecule has 0 unspecified atom stereocenters. The third-order valence-corrected chi connectivity index (χ3v) is 5.04. The van der Waals surface area contributed by atoms with Gasteiger partial charge in [0.2, 0.25) is 11.8 Å². The summed E-state index contributed by atoms with van der Waals surface area (Å²) >= 11 is 6.06. The summed E-state index contributed by atoms with van der Waals surface area (Å²) in [4.78, 5) is 53.5. The number of benzene rings is 1. The van der Waals surface area contributed by atoms with Gasteiger partial charge in [-0.1, -0.05) is 11.6 Å². The smallest absolute Gasteiger partial charge is 0.356 e. The first-order valence-corrected chi connectivity index (χ1v) is 10.1. The molecule has 1 aromatic carbocycles. The number of amides is 2. The van der Waals surface area contributed by atoms with E-state index in [2.05, 4.69) is 15.6 Å². The van der Waals surface area contributed by atoms with E-state index in [9.17, 15) is 19.2 Å². The molecule has 3 rings (SSSR count). The zero-order valence-corrected chi connectivity index (χ0v) is 19.1. The van der Waals surface area contributed by atoms with E-state index < -0.39 is 23.9 Å². The molecular formula is C20H24Cl2N4O6. The number of methoxy groups -OCH3 is 1. The van der Waals surface area contributed by atoms with Crippen molar-refractivity contribution in [2.75, 3.05) is 38.7 Å². The van der Waals surface area contributed by atoms with E-state index in [4.69, 9.17) is 21.1 Å². The van der Waals surface area contributed by atoms with Crippen LogP contribution in [0, 0.1) is 0 Å². The van der Waals surface area contributed by atoms with E-state index in [0.29, 0.717) is 29.0 Å². The Morgan fingerprint density at radius 3 is 2.75 bits per heavy atom. The quantitative estimate of drug-likeness (QED) is 0.507. The van der Waals surface area contributed by atoms with Gasteiger partial charge in [0.25, 0.3) is 0 Å². The molecule has 1 aliphatic rings. The molecule has 1 aromatic heterocycles. The van der Waals surface area contributed by atoms with Crippen molar-refractivity contribution >= 4 is 64.4 Å². The Morgan fingerprint density at radius 1 is 1.31 bits per heavy atom. The molecule has 174 valence electrons. The van der Waals surface area contributed by atoms with Gasteiger partial charge in [0.15, 0.2) is 0 Å². The first kappa shape index (κ1) is 25.4. The Hall–Kier alpha value is -2.82. The second-order valence-electron chi connectivity index (χ2n) is 6.88. The van der Waals surface area contributed by atoms with E-state index in [1.807, 2.05) is 0 Å². The van der Waals surface area contributed by atoms with E-state index >= 15 is 0 Å². The maximum absolute atomic E-state index is 12.7. The molecule has 0 radical (unpaired) electrons. The van der Waals surface area contributed by atoms with Gasteiger partial charge < -0.3 is 30.0 Å². The molecule has 2 aromatic rings. The summed E-state index contributed by atoms with van der Waals surface area (Å²) in [7, 11) is 1.23. The lowest BCUT2D eigenvalue weighted by Gasteiger charge is -2.32. The Labute approximate surface area is 195 Å². The van der Waals surface area contributed by atoms with Crippen LogP contribution in [0.4, 0.5) is 5.69 Å². The number of carbonyl (C=O) groups excluding carboxylic acids is 4. The van der Waals surface area contributed by atoms with Crippen LogP contribution >= 0.6 is 24.0 Å². The zero-order valence-electron chi connectivity index (χ0n) is 17.5. The summed E-state index contributed by atoms with van der Waals surface area (Å²) in [5.74, 6) is -2.02. The lowest BCUT2D eigenvalue weighted by atomic mass is 10.1. The van der Waals surface area contributed by atoms with Gasteiger partial charge in [-0.3, -0.25) is 14.4 Å². The van der Waals surface area contributed by atoms with Crippen molar-refractivity contribution in [3.63, 3.8) is 0 Å². The van der Waals surface area contributed by atoms with Gasteiger partial charge in [-0.25, -0.2) is 4.79 Å². The Kier molecular flexibility index (Phi) is 8.88. The number of aromatic amines is 1. The third-order valence-electron chi connectivity index (χ3n) is 4.81. The summed E-state index contributed by atoms with van der Waals surface area (Å²) in [6.07, 6.45) is -0.113. The molecule has 0 bridgehead atoms.